The average molecular weight is 388 g/mol. The van der Waals surface area contributed by atoms with E-state index in [1.807, 2.05) is 6.07 Å². The topological polar surface area (TPSA) is 32.3 Å². The highest BCUT2D eigenvalue weighted by Gasteiger charge is 2.08. The van der Waals surface area contributed by atoms with Crippen molar-refractivity contribution in [2.45, 2.75) is 6.54 Å². The Balaban J connectivity index is 2.11. The fourth-order valence-corrected chi connectivity index (χ4v) is 3.55. The molecule has 0 saturated heterocycles. The predicted octanol–water partition coefficient (Wildman–Crippen LogP) is 5.79. The Morgan fingerprint density at radius 2 is 1.78 bits per heavy atom. The van der Waals surface area contributed by atoms with Crippen molar-refractivity contribution in [2.24, 2.45) is 0 Å². The predicted molar refractivity (Wildman–Crippen MR) is 82.5 cm³/mol. The third-order valence-corrected chi connectivity index (χ3v) is 5.23. The van der Waals surface area contributed by atoms with Gasteiger partial charge in [-0.15, -0.1) is 11.3 Å². The SMILES string of the molecule is Oc1c(Cl)cc(NCc2cc(Br)c(Cl)s2)cc1Cl. The molecule has 96 valence electrons. The summed E-state index contributed by atoms with van der Waals surface area (Å²) in [5.41, 5.74) is 0.739. The minimum atomic E-state index is -0.106. The minimum Gasteiger partial charge on any atom is -0.505 e. The number of hydrogen-bond donors (Lipinski definition) is 2. The Hall–Kier alpha value is -0.130. The molecule has 0 saturated carbocycles. The van der Waals surface area contributed by atoms with Gasteiger partial charge in [-0.05, 0) is 34.1 Å². The quantitative estimate of drug-likeness (QED) is 0.654. The lowest BCUT2D eigenvalue weighted by atomic mass is 10.3. The van der Waals surface area contributed by atoms with Crippen LogP contribution in [0.4, 0.5) is 5.69 Å². The van der Waals surface area contributed by atoms with Crippen LogP contribution in [0, 0.1) is 0 Å². The lowest BCUT2D eigenvalue weighted by Gasteiger charge is -2.07. The van der Waals surface area contributed by atoms with Gasteiger partial charge in [0.05, 0.1) is 10.0 Å². The maximum atomic E-state index is 9.44. The van der Waals surface area contributed by atoms with Gasteiger partial charge < -0.3 is 10.4 Å². The summed E-state index contributed by atoms with van der Waals surface area (Å²) in [4.78, 5) is 1.08. The summed E-state index contributed by atoms with van der Waals surface area (Å²) in [5, 5.41) is 13.0. The maximum absolute atomic E-state index is 9.44. The molecule has 0 bridgehead atoms. The first kappa shape index (κ1) is 14.3. The first-order valence-corrected chi connectivity index (χ1v) is 7.57. The van der Waals surface area contributed by atoms with E-state index in [1.165, 1.54) is 11.3 Å². The van der Waals surface area contributed by atoms with Gasteiger partial charge in [-0.1, -0.05) is 34.8 Å². The summed E-state index contributed by atoms with van der Waals surface area (Å²) in [6, 6.07) is 5.18. The lowest BCUT2D eigenvalue weighted by Crippen LogP contribution is -1.97. The largest absolute Gasteiger partial charge is 0.505 e. The van der Waals surface area contributed by atoms with E-state index in [4.69, 9.17) is 34.8 Å². The Kier molecular flexibility index (Phi) is 4.67. The van der Waals surface area contributed by atoms with Crippen LogP contribution in [0.5, 0.6) is 5.75 Å². The molecule has 2 nitrogen and oxygen atoms in total. The fraction of sp³-hybridized carbons (Fsp3) is 0.0909. The highest BCUT2D eigenvalue weighted by molar-refractivity contribution is 9.10. The number of aromatic hydroxyl groups is 1. The van der Waals surface area contributed by atoms with Gasteiger partial charge in [-0.25, -0.2) is 0 Å². The zero-order valence-corrected chi connectivity index (χ0v) is 13.5. The molecule has 0 fully saturated rings. The maximum Gasteiger partial charge on any atom is 0.152 e. The third-order valence-electron chi connectivity index (χ3n) is 2.18. The van der Waals surface area contributed by atoms with E-state index >= 15 is 0 Å². The fourth-order valence-electron chi connectivity index (χ4n) is 1.34. The molecule has 7 heteroatoms. The van der Waals surface area contributed by atoms with Crippen molar-refractivity contribution in [1.82, 2.24) is 0 Å². The number of hydrogen-bond acceptors (Lipinski definition) is 3. The Morgan fingerprint density at radius 1 is 1.17 bits per heavy atom. The molecule has 0 spiro atoms. The van der Waals surface area contributed by atoms with Crippen LogP contribution < -0.4 is 5.32 Å². The zero-order chi connectivity index (χ0) is 13.3. The second kappa shape index (κ2) is 5.88. The van der Waals surface area contributed by atoms with Crippen molar-refractivity contribution in [3.05, 3.63) is 41.9 Å². The second-order valence-corrected chi connectivity index (χ2v) is 6.88. The number of thiophene rings is 1. The van der Waals surface area contributed by atoms with Gasteiger partial charge >= 0.3 is 0 Å². The van der Waals surface area contributed by atoms with Gasteiger partial charge in [-0.2, -0.15) is 0 Å². The van der Waals surface area contributed by atoms with E-state index in [2.05, 4.69) is 21.2 Å². The summed E-state index contributed by atoms with van der Waals surface area (Å²) in [5.74, 6) is -0.106. The van der Waals surface area contributed by atoms with E-state index in [1.54, 1.807) is 12.1 Å². The van der Waals surface area contributed by atoms with Crippen LogP contribution in [0.2, 0.25) is 14.4 Å². The molecule has 1 aromatic carbocycles. The molecule has 0 unspecified atom stereocenters. The van der Waals surface area contributed by atoms with Crippen LogP contribution in [0.25, 0.3) is 0 Å². The number of phenolic OH excluding ortho intramolecular Hbond substituents is 1. The molecule has 0 aliphatic rings. The number of anilines is 1. The summed E-state index contributed by atoms with van der Waals surface area (Å²) in [6.45, 7) is 0.605. The van der Waals surface area contributed by atoms with Crippen molar-refractivity contribution >= 4 is 67.8 Å². The summed E-state index contributed by atoms with van der Waals surface area (Å²) < 4.78 is 1.60. The normalized spacial score (nSPS) is 10.7. The van der Waals surface area contributed by atoms with Crippen LogP contribution >= 0.6 is 62.1 Å². The van der Waals surface area contributed by atoms with Gasteiger partial charge in [0.25, 0.3) is 0 Å². The van der Waals surface area contributed by atoms with Crippen LogP contribution in [0.3, 0.4) is 0 Å². The van der Waals surface area contributed by atoms with Crippen LogP contribution in [0.1, 0.15) is 4.88 Å². The van der Waals surface area contributed by atoms with Crippen LogP contribution in [-0.4, -0.2) is 5.11 Å². The Bertz CT molecular complexity index is 545. The highest BCUT2D eigenvalue weighted by atomic mass is 79.9. The molecule has 2 rings (SSSR count). The number of halogens is 4. The molecule has 0 radical (unpaired) electrons. The third kappa shape index (κ3) is 3.25. The van der Waals surface area contributed by atoms with Crippen molar-refractivity contribution in [3.8, 4) is 5.75 Å². The zero-order valence-electron chi connectivity index (χ0n) is 8.81. The van der Waals surface area contributed by atoms with E-state index < -0.39 is 0 Å². The van der Waals surface area contributed by atoms with Crippen molar-refractivity contribution in [2.75, 3.05) is 5.32 Å². The molecule has 1 aromatic heterocycles. The molecule has 18 heavy (non-hydrogen) atoms. The van der Waals surface area contributed by atoms with Crippen molar-refractivity contribution < 1.29 is 5.11 Å². The van der Waals surface area contributed by atoms with E-state index in [0.717, 1.165) is 15.0 Å². The summed E-state index contributed by atoms with van der Waals surface area (Å²) in [6.07, 6.45) is 0. The Morgan fingerprint density at radius 3 is 2.28 bits per heavy atom. The second-order valence-electron chi connectivity index (χ2n) is 3.48. The molecule has 2 aromatic rings. The van der Waals surface area contributed by atoms with Crippen molar-refractivity contribution in [1.29, 1.82) is 0 Å². The highest BCUT2D eigenvalue weighted by Crippen LogP contribution is 2.36. The van der Waals surface area contributed by atoms with Gasteiger partial charge in [0, 0.05) is 21.6 Å². The van der Waals surface area contributed by atoms with E-state index in [0.29, 0.717) is 10.9 Å². The first-order valence-electron chi connectivity index (χ1n) is 4.83. The van der Waals surface area contributed by atoms with Gasteiger partial charge in [0.2, 0.25) is 0 Å². The summed E-state index contributed by atoms with van der Waals surface area (Å²) in [7, 11) is 0. The molecule has 0 aliphatic heterocycles. The van der Waals surface area contributed by atoms with Crippen LogP contribution in [-0.2, 0) is 6.54 Å². The lowest BCUT2D eigenvalue weighted by molar-refractivity contribution is 0.476. The van der Waals surface area contributed by atoms with E-state index in [9.17, 15) is 5.11 Å². The number of rotatable bonds is 3. The van der Waals surface area contributed by atoms with Crippen molar-refractivity contribution in [3.63, 3.8) is 0 Å². The molecular weight excluding hydrogens is 380 g/mol. The van der Waals surface area contributed by atoms with Gasteiger partial charge in [0.1, 0.15) is 4.34 Å². The molecule has 2 N–H and O–H groups in total. The first-order chi connectivity index (χ1) is 8.47. The monoisotopic (exact) mass is 385 g/mol. The van der Waals surface area contributed by atoms with Gasteiger partial charge in [0.15, 0.2) is 5.75 Å². The standard InChI is InChI=1S/C11H7BrCl3NOS/c12-7-3-6(18-11(7)15)4-16-5-1-8(13)10(17)9(14)2-5/h1-3,16-17H,4H2. The van der Waals surface area contributed by atoms with E-state index in [-0.39, 0.29) is 15.8 Å². The van der Waals surface area contributed by atoms with Gasteiger partial charge in [-0.3, -0.25) is 0 Å². The molecular formula is C11H7BrCl3NOS. The smallest absolute Gasteiger partial charge is 0.152 e. The average Bonchev–Trinajstić information content (AvgIpc) is 2.63. The minimum absolute atomic E-state index is 0.106. The summed E-state index contributed by atoms with van der Waals surface area (Å²) >= 11 is 22.4. The number of phenols is 1. The molecule has 1 heterocycles. The molecule has 0 atom stereocenters. The Labute approximate surface area is 132 Å². The molecule has 0 amide bonds. The van der Waals surface area contributed by atoms with Crippen LogP contribution in [0.15, 0.2) is 22.7 Å². The number of nitrogens with one attached hydrogen (secondary N) is 1. The molecule has 0 aliphatic carbocycles. The number of benzene rings is 1.